The van der Waals surface area contributed by atoms with E-state index in [0.717, 1.165) is 47.0 Å². The van der Waals surface area contributed by atoms with Crippen LogP contribution in [0.5, 0.6) is 5.75 Å². The van der Waals surface area contributed by atoms with Gasteiger partial charge in [0.25, 0.3) is 5.91 Å². The second-order valence-electron chi connectivity index (χ2n) is 6.87. The predicted octanol–water partition coefficient (Wildman–Crippen LogP) is 2.78. The summed E-state index contributed by atoms with van der Waals surface area (Å²) in [7, 11) is 5.39. The zero-order valence-corrected chi connectivity index (χ0v) is 16.6. The van der Waals surface area contributed by atoms with Gasteiger partial charge < -0.3 is 14.5 Å². The van der Waals surface area contributed by atoms with Crippen LogP contribution in [0.4, 0.5) is 5.13 Å². The molecule has 0 unspecified atom stereocenters. The molecule has 1 aliphatic rings. The van der Waals surface area contributed by atoms with E-state index in [9.17, 15) is 4.79 Å². The Morgan fingerprint density at radius 3 is 2.78 bits per heavy atom. The largest absolute Gasteiger partial charge is 0.497 e. The Bertz CT molecular complexity index is 958. The van der Waals surface area contributed by atoms with Crippen LogP contribution in [-0.4, -0.2) is 58.9 Å². The average Bonchev–Trinajstić information content (AvgIpc) is 3.32. The van der Waals surface area contributed by atoms with E-state index >= 15 is 0 Å². The molecule has 3 heterocycles. The molecule has 1 amide bonds. The molecular formula is C19H23N5O2S. The number of methoxy groups -OCH3 is 1. The first-order valence-corrected chi connectivity index (χ1v) is 9.82. The van der Waals surface area contributed by atoms with E-state index in [1.54, 1.807) is 35.5 Å². The third-order valence-corrected chi connectivity index (χ3v) is 6.22. The number of carbonyl (C=O) groups excluding carboxylic acids is 1. The molecule has 2 aromatic heterocycles. The fourth-order valence-corrected chi connectivity index (χ4v) is 4.55. The number of nitrogens with zero attached hydrogens (tertiary/aromatic N) is 5. The van der Waals surface area contributed by atoms with Crippen molar-refractivity contribution in [3.05, 3.63) is 36.2 Å². The number of hydrogen-bond acceptors (Lipinski definition) is 6. The summed E-state index contributed by atoms with van der Waals surface area (Å²) < 4.78 is 8.09. The standard InChI is InChI=1S/C19H23N5O2S/c1-22-12-13(11-20-22)18(25)23(2)14-6-8-24(9-7-14)19-21-16-5-4-15(26-3)10-17(16)27-19/h4-5,10-12,14H,6-9H2,1-3H3. The monoisotopic (exact) mass is 385 g/mol. The first-order chi connectivity index (χ1) is 13.0. The van der Waals surface area contributed by atoms with Gasteiger partial charge in [-0.05, 0) is 31.0 Å². The quantitative estimate of drug-likeness (QED) is 0.691. The highest BCUT2D eigenvalue weighted by atomic mass is 32.1. The van der Waals surface area contributed by atoms with Gasteiger partial charge in [-0.25, -0.2) is 4.98 Å². The van der Waals surface area contributed by atoms with Crippen LogP contribution in [0.25, 0.3) is 10.2 Å². The summed E-state index contributed by atoms with van der Waals surface area (Å²) in [5.41, 5.74) is 1.64. The fraction of sp³-hybridized carbons (Fsp3) is 0.421. The minimum atomic E-state index is 0.0358. The summed E-state index contributed by atoms with van der Waals surface area (Å²) in [6, 6.07) is 6.21. The maximum atomic E-state index is 12.6. The molecule has 0 aliphatic carbocycles. The normalized spacial score (nSPS) is 15.3. The average molecular weight is 385 g/mol. The zero-order chi connectivity index (χ0) is 19.0. The number of ether oxygens (including phenoxy) is 1. The van der Waals surface area contributed by atoms with Gasteiger partial charge in [0.15, 0.2) is 5.13 Å². The van der Waals surface area contributed by atoms with E-state index in [0.29, 0.717) is 5.56 Å². The maximum absolute atomic E-state index is 12.6. The maximum Gasteiger partial charge on any atom is 0.257 e. The van der Waals surface area contributed by atoms with Crippen molar-refractivity contribution in [2.24, 2.45) is 7.05 Å². The topological polar surface area (TPSA) is 63.5 Å². The van der Waals surface area contributed by atoms with E-state index in [2.05, 4.69) is 10.00 Å². The second-order valence-corrected chi connectivity index (χ2v) is 7.88. The Kier molecular flexibility index (Phi) is 4.73. The van der Waals surface area contributed by atoms with Crippen molar-refractivity contribution < 1.29 is 9.53 Å². The minimum Gasteiger partial charge on any atom is -0.497 e. The predicted molar refractivity (Wildman–Crippen MR) is 107 cm³/mol. The first-order valence-electron chi connectivity index (χ1n) is 9.00. The Morgan fingerprint density at radius 1 is 1.33 bits per heavy atom. The molecule has 0 saturated carbocycles. The molecule has 4 rings (SSSR count). The Morgan fingerprint density at radius 2 is 2.11 bits per heavy atom. The van der Waals surface area contributed by atoms with Crippen LogP contribution in [-0.2, 0) is 7.05 Å². The molecular weight excluding hydrogens is 362 g/mol. The third-order valence-electron chi connectivity index (χ3n) is 5.14. The summed E-state index contributed by atoms with van der Waals surface area (Å²) in [5.74, 6) is 0.889. The number of hydrogen-bond donors (Lipinski definition) is 0. The van der Waals surface area contributed by atoms with Gasteiger partial charge in [-0.2, -0.15) is 5.10 Å². The van der Waals surface area contributed by atoms with Gasteiger partial charge in [0, 0.05) is 39.4 Å². The molecule has 7 nitrogen and oxygen atoms in total. The molecule has 1 fully saturated rings. The van der Waals surface area contributed by atoms with Crippen LogP contribution < -0.4 is 9.64 Å². The highest BCUT2D eigenvalue weighted by molar-refractivity contribution is 7.22. The number of amides is 1. The zero-order valence-electron chi connectivity index (χ0n) is 15.8. The highest BCUT2D eigenvalue weighted by Gasteiger charge is 2.27. The van der Waals surface area contributed by atoms with Crippen molar-refractivity contribution in [3.8, 4) is 5.75 Å². The lowest BCUT2D eigenvalue weighted by molar-refractivity contribution is 0.0709. The number of rotatable bonds is 4. The summed E-state index contributed by atoms with van der Waals surface area (Å²) in [6.07, 6.45) is 5.26. The molecule has 27 heavy (non-hydrogen) atoms. The van der Waals surface area contributed by atoms with E-state index < -0.39 is 0 Å². The Balaban J connectivity index is 1.42. The molecule has 1 aliphatic heterocycles. The summed E-state index contributed by atoms with van der Waals surface area (Å²) in [5, 5.41) is 5.13. The second kappa shape index (κ2) is 7.19. The molecule has 0 N–H and O–H groups in total. The number of thiazole rings is 1. The van der Waals surface area contributed by atoms with E-state index in [1.807, 2.05) is 37.2 Å². The summed E-state index contributed by atoms with van der Waals surface area (Å²) in [6.45, 7) is 1.79. The fourth-order valence-electron chi connectivity index (χ4n) is 3.50. The van der Waals surface area contributed by atoms with Crippen LogP contribution >= 0.6 is 11.3 Å². The van der Waals surface area contributed by atoms with Gasteiger partial charge in [0.2, 0.25) is 0 Å². The van der Waals surface area contributed by atoms with Crippen molar-refractivity contribution in [2.75, 3.05) is 32.1 Å². The van der Waals surface area contributed by atoms with Gasteiger partial charge in [0.1, 0.15) is 5.75 Å². The molecule has 142 valence electrons. The first kappa shape index (κ1) is 17.8. The number of piperidine rings is 1. The SMILES string of the molecule is COc1ccc2nc(N3CCC(N(C)C(=O)c4cnn(C)c4)CC3)sc2c1. The lowest BCUT2D eigenvalue weighted by Gasteiger charge is -2.36. The molecule has 0 spiro atoms. The summed E-state index contributed by atoms with van der Waals surface area (Å²) in [4.78, 5) is 21.6. The Labute approximate surface area is 162 Å². The van der Waals surface area contributed by atoms with Crippen molar-refractivity contribution >= 4 is 32.6 Å². The molecule has 1 saturated heterocycles. The van der Waals surface area contributed by atoms with Gasteiger partial charge in [-0.3, -0.25) is 9.48 Å². The Hall–Kier alpha value is -2.61. The lowest BCUT2D eigenvalue weighted by atomic mass is 10.0. The molecule has 0 atom stereocenters. The van der Waals surface area contributed by atoms with Gasteiger partial charge in [-0.15, -0.1) is 0 Å². The van der Waals surface area contributed by atoms with Crippen molar-refractivity contribution in [1.29, 1.82) is 0 Å². The van der Waals surface area contributed by atoms with Crippen LogP contribution in [0.15, 0.2) is 30.6 Å². The van der Waals surface area contributed by atoms with Crippen LogP contribution in [0.3, 0.4) is 0 Å². The number of fused-ring (bicyclic) bond motifs is 1. The van der Waals surface area contributed by atoms with Gasteiger partial charge in [-0.1, -0.05) is 11.3 Å². The number of benzene rings is 1. The van der Waals surface area contributed by atoms with Gasteiger partial charge in [0.05, 0.1) is 29.1 Å². The molecule has 0 radical (unpaired) electrons. The van der Waals surface area contributed by atoms with E-state index in [1.165, 1.54) is 0 Å². The van der Waals surface area contributed by atoms with Crippen LogP contribution in [0, 0.1) is 0 Å². The minimum absolute atomic E-state index is 0.0358. The summed E-state index contributed by atoms with van der Waals surface area (Å²) >= 11 is 1.69. The van der Waals surface area contributed by atoms with Crippen molar-refractivity contribution in [1.82, 2.24) is 19.7 Å². The van der Waals surface area contributed by atoms with Gasteiger partial charge >= 0.3 is 0 Å². The van der Waals surface area contributed by atoms with E-state index in [4.69, 9.17) is 9.72 Å². The van der Waals surface area contributed by atoms with Crippen molar-refractivity contribution in [2.45, 2.75) is 18.9 Å². The van der Waals surface area contributed by atoms with Crippen LogP contribution in [0.2, 0.25) is 0 Å². The van der Waals surface area contributed by atoms with E-state index in [-0.39, 0.29) is 11.9 Å². The smallest absolute Gasteiger partial charge is 0.257 e. The number of anilines is 1. The molecule has 0 bridgehead atoms. The van der Waals surface area contributed by atoms with Crippen LogP contribution in [0.1, 0.15) is 23.2 Å². The third kappa shape index (κ3) is 3.49. The molecule has 1 aromatic carbocycles. The lowest BCUT2D eigenvalue weighted by Crippen LogP contribution is -2.45. The highest BCUT2D eigenvalue weighted by Crippen LogP contribution is 2.33. The molecule has 3 aromatic rings. The number of aryl methyl sites for hydroxylation is 1. The number of aromatic nitrogens is 3. The van der Waals surface area contributed by atoms with Crippen molar-refractivity contribution in [3.63, 3.8) is 0 Å². The molecule has 8 heteroatoms. The number of carbonyl (C=O) groups is 1.